The van der Waals surface area contributed by atoms with Crippen molar-refractivity contribution in [2.75, 3.05) is 13.7 Å². The number of aliphatic carboxylic acids is 1. The minimum absolute atomic E-state index is 0.294. The van der Waals surface area contributed by atoms with Gasteiger partial charge in [0.25, 0.3) is 0 Å². The van der Waals surface area contributed by atoms with E-state index in [2.05, 4.69) is 5.32 Å². The molecule has 0 aromatic carbocycles. The number of rotatable bonds is 9. The summed E-state index contributed by atoms with van der Waals surface area (Å²) >= 11 is 0. The Morgan fingerprint density at radius 1 is 1.39 bits per heavy atom. The number of nitrogens with two attached hydrogens (primary N) is 1. The van der Waals surface area contributed by atoms with E-state index in [9.17, 15) is 9.59 Å². The fourth-order valence-electron chi connectivity index (χ4n) is 1.58. The molecular formula is C12H24N2O4. The SMILES string of the molecule is COCCCC(NC(=O)C(N)CC(C)C)C(=O)O. The highest BCUT2D eigenvalue weighted by Crippen LogP contribution is 2.04. The molecule has 0 aliphatic rings. The molecular weight excluding hydrogens is 236 g/mol. The average Bonchev–Trinajstić information content (AvgIpc) is 2.26. The normalized spacial score (nSPS) is 14.3. The molecule has 0 saturated heterocycles. The molecule has 106 valence electrons. The molecule has 0 radical (unpaired) electrons. The van der Waals surface area contributed by atoms with Crippen LogP contribution in [-0.2, 0) is 14.3 Å². The first kappa shape index (κ1) is 16.9. The summed E-state index contributed by atoms with van der Waals surface area (Å²) < 4.78 is 4.85. The molecule has 1 amide bonds. The first-order chi connectivity index (χ1) is 8.38. The monoisotopic (exact) mass is 260 g/mol. The standard InChI is InChI=1S/C12H24N2O4/c1-8(2)7-9(13)11(15)14-10(12(16)17)5-4-6-18-3/h8-10H,4-7,13H2,1-3H3,(H,14,15)(H,16,17). The van der Waals surface area contributed by atoms with Gasteiger partial charge in [-0.3, -0.25) is 4.79 Å². The van der Waals surface area contributed by atoms with Crippen molar-refractivity contribution in [1.29, 1.82) is 0 Å². The minimum Gasteiger partial charge on any atom is -0.480 e. The molecule has 6 heteroatoms. The summed E-state index contributed by atoms with van der Waals surface area (Å²) in [4.78, 5) is 22.7. The zero-order valence-corrected chi connectivity index (χ0v) is 11.3. The highest BCUT2D eigenvalue weighted by atomic mass is 16.5. The van der Waals surface area contributed by atoms with Gasteiger partial charge in [-0.15, -0.1) is 0 Å². The van der Waals surface area contributed by atoms with Gasteiger partial charge >= 0.3 is 5.97 Å². The van der Waals surface area contributed by atoms with E-state index in [4.69, 9.17) is 15.6 Å². The first-order valence-corrected chi connectivity index (χ1v) is 6.16. The lowest BCUT2D eigenvalue weighted by molar-refractivity contribution is -0.142. The lowest BCUT2D eigenvalue weighted by Gasteiger charge is -2.18. The molecule has 2 unspecified atom stereocenters. The fourth-order valence-corrected chi connectivity index (χ4v) is 1.58. The molecule has 6 nitrogen and oxygen atoms in total. The van der Waals surface area contributed by atoms with Crippen LogP contribution in [-0.4, -0.2) is 42.8 Å². The molecule has 2 atom stereocenters. The van der Waals surface area contributed by atoms with Crippen molar-refractivity contribution in [3.05, 3.63) is 0 Å². The number of methoxy groups -OCH3 is 1. The van der Waals surface area contributed by atoms with Gasteiger partial charge in [-0.05, 0) is 25.2 Å². The predicted octanol–water partition coefficient (Wildman–Crippen LogP) is 0.356. The smallest absolute Gasteiger partial charge is 0.326 e. The number of hydrogen-bond acceptors (Lipinski definition) is 4. The summed E-state index contributed by atoms with van der Waals surface area (Å²) in [6, 6.07) is -1.56. The van der Waals surface area contributed by atoms with Crippen LogP contribution in [0.15, 0.2) is 0 Å². The summed E-state index contributed by atoms with van der Waals surface area (Å²) in [6.07, 6.45) is 1.45. The van der Waals surface area contributed by atoms with E-state index in [1.165, 1.54) is 0 Å². The van der Waals surface area contributed by atoms with Gasteiger partial charge in [-0.1, -0.05) is 13.8 Å². The van der Waals surface area contributed by atoms with Crippen molar-refractivity contribution < 1.29 is 19.4 Å². The van der Waals surface area contributed by atoms with Gasteiger partial charge in [0, 0.05) is 13.7 Å². The van der Waals surface area contributed by atoms with E-state index in [0.717, 1.165) is 0 Å². The lowest BCUT2D eigenvalue weighted by Crippen LogP contribution is -2.48. The van der Waals surface area contributed by atoms with E-state index >= 15 is 0 Å². The minimum atomic E-state index is -1.05. The molecule has 0 rings (SSSR count). The highest BCUT2D eigenvalue weighted by molar-refractivity contribution is 5.86. The van der Waals surface area contributed by atoms with Gasteiger partial charge in [0.2, 0.25) is 5.91 Å². The Kier molecular flexibility index (Phi) is 8.32. The zero-order chi connectivity index (χ0) is 14.1. The molecule has 0 aliphatic carbocycles. The largest absolute Gasteiger partial charge is 0.480 e. The molecule has 4 N–H and O–H groups in total. The Bertz CT molecular complexity index is 269. The van der Waals surface area contributed by atoms with Crippen molar-refractivity contribution in [1.82, 2.24) is 5.32 Å². The van der Waals surface area contributed by atoms with Crippen LogP contribution in [0.4, 0.5) is 0 Å². The van der Waals surface area contributed by atoms with Gasteiger partial charge in [0.05, 0.1) is 6.04 Å². The number of hydrogen-bond donors (Lipinski definition) is 3. The lowest BCUT2D eigenvalue weighted by atomic mass is 10.0. The molecule has 18 heavy (non-hydrogen) atoms. The fraction of sp³-hybridized carbons (Fsp3) is 0.833. The number of carboxylic acid groups (broad SMARTS) is 1. The number of nitrogens with one attached hydrogen (secondary N) is 1. The van der Waals surface area contributed by atoms with Gasteiger partial charge in [0.1, 0.15) is 6.04 Å². The molecule has 0 aromatic rings. The van der Waals surface area contributed by atoms with E-state index in [1.807, 2.05) is 13.8 Å². The second-order valence-electron chi connectivity index (χ2n) is 4.77. The third kappa shape index (κ3) is 7.24. The summed E-state index contributed by atoms with van der Waals surface area (Å²) in [5.41, 5.74) is 5.69. The van der Waals surface area contributed by atoms with Crippen LogP contribution in [0.2, 0.25) is 0 Å². The maximum absolute atomic E-state index is 11.7. The summed E-state index contributed by atoms with van der Waals surface area (Å²) in [7, 11) is 1.55. The second kappa shape index (κ2) is 8.88. The molecule has 0 aliphatic heterocycles. The van der Waals surface area contributed by atoms with Crippen LogP contribution < -0.4 is 11.1 Å². The third-order valence-electron chi connectivity index (χ3n) is 2.52. The van der Waals surface area contributed by atoms with Gasteiger partial charge in [-0.25, -0.2) is 4.79 Å². The highest BCUT2D eigenvalue weighted by Gasteiger charge is 2.23. The molecule has 0 heterocycles. The van der Waals surface area contributed by atoms with Crippen molar-refractivity contribution >= 4 is 11.9 Å². The maximum Gasteiger partial charge on any atom is 0.326 e. The Morgan fingerprint density at radius 3 is 2.44 bits per heavy atom. The van der Waals surface area contributed by atoms with Gasteiger partial charge in [0.15, 0.2) is 0 Å². The van der Waals surface area contributed by atoms with Crippen molar-refractivity contribution in [2.45, 2.75) is 45.2 Å². The first-order valence-electron chi connectivity index (χ1n) is 6.16. The van der Waals surface area contributed by atoms with Crippen molar-refractivity contribution in [3.63, 3.8) is 0 Å². The molecule has 0 aromatic heterocycles. The van der Waals surface area contributed by atoms with Crippen LogP contribution >= 0.6 is 0 Å². The molecule has 0 fully saturated rings. The number of amides is 1. The predicted molar refractivity (Wildman–Crippen MR) is 68.1 cm³/mol. The Balaban J connectivity index is 4.22. The average molecular weight is 260 g/mol. The summed E-state index contributed by atoms with van der Waals surface area (Å²) in [5, 5.41) is 11.5. The maximum atomic E-state index is 11.7. The van der Waals surface area contributed by atoms with E-state index in [1.54, 1.807) is 7.11 Å². The Labute approximate surface area is 108 Å². The van der Waals surface area contributed by atoms with Crippen molar-refractivity contribution in [2.24, 2.45) is 11.7 Å². The molecule has 0 bridgehead atoms. The topological polar surface area (TPSA) is 102 Å². The summed E-state index contributed by atoms with van der Waals surface area (Å²) in [6.45, 7) is 4.39. The number of carbonyl (C=O) groups excluding carboxylic acids is 1. The Morgan fingerprint density at radius 2 is 2.00 bits per heavy atom. The van der Waals surface area contributed by atoms with Crippen molar-refractivity contribution in [3.8, 4) is 0 Å². The van der Waals surface area contributed by atoms with Crippen LogP contribution in [0.3, 0.4) is 0 Å². The molecule has 0 spiro atoms. The third-order valence-corrected chi connectivity index (χ3v) is 2.52. The van der Waals surface area contributed by atoms with E-state index in [0.29, 0.717) is 31.8 Å². The van der Waals surface area contributed by atoms with Crippen LogP contribution in [0.1, 0.15) is 33.1 Å². The molecule has 0 saturated carbocycles. The van der Waals surface area contributed by atoms with Crippen LogP contribution in [0.5, 0.6) is 0 Å². The van der Waals surface area contributed by atoms with Crippen LogP contribution in [0, 0.1) is 5.92 Å². The Hall–Kier alpha value is -1.14. The summed E-state index contributed by atoms with van der Waals surface area (Å²) in [5.74, 6) is -1.16. The van der Waals surface area contributed by atoms with E-state index < -0.39 is 24.0 Å². The number of carbonyl (C=O) groups is 2. The van der Waals surface area contributed by atoms with Gasteiger partial charge < -0.3 is 20.9 Å². The van der Waals surface area contributed by atoms with Gasteiger partial charge in [-0.2, -0.15) is 0 Å². The number of carboxylic acids is 1. The quantitative estimate of drug-likeness (QED) is 0.519. The van der Waals surface area contributed by atoms with Crippen LogP contribution in [0.25, 0.3) is 0 Å². The number of ether oxygens (including phenoxy) is 1. The zero-order valence-electron chi connectivity index (χ0n) is 11.3. The van der Waals surface area contributed by atoms with E-state index in [-0.39, 0.29) is 0 Å². The second-order valence-corrected chi connectivity index (χ2v) is 4.77.